The molecule has 18 heavy (non-hydrogen) atoms. The Morgan fingerprint density at radius 1 is 1.33 bits per heavy atom. The van der Waals surface area contributed by atoms with E-state index in [0.29, 0.717) is 16.5 Å². The molecule has 1 N–H and O–H groups in total. The summed E-state index contributed by atoms with van der Waals surface area (Å²) in [6.45, 7) is 1.54. The number of hydrogen-bond acceptors (Lipinski definition) is 2. The second-order valence-corrected chi connectivity index (χ2v) is 4.07. The van der Waals surface area contributed by atoms with Crippen LogP contribution in [-0.4, -0.2) is 15.5 Å². The van der Waals surface area contributed by atoms with Crippen LogP contribution in [0.2, 0.25) is 0 Å². The Labute approximate surface area is 101 Å². The van der Waals surface area contributed by atoms with E-state index in [1.165, 1.54) is 13.0 Å². The van der Waals surface area contributed by atoms with Crippen LogP contribution in [0.1, 0.15) is 18.1 Å². The molecule has 0 aliphatic carbocycles. The minimum Gasteiger partial charge on any atom is -0.411 e. The lowest BCUT2D eigenvalue weighted by atomic mass is 10.1. The summed E-state index contributed by atoms with van der Waals surface area (Å²) in [7, 11) is 1.73. The Morgan fingerprint density at radius 3 is 2.56 bits per heavy atom. The summed E-state index contributed by atoms with van der Waals surface area (Å²) in [6, 6.07) is 3.52. The largest absolute Gasteiger partial charge is 0.416 e. The second-order valence-electron chi connectivity index (χ2n) is 4.07. The van der Waals surface area contributed by atoms with Crippen molar-refractivity contribution in [1.29, 1.82) is 0 Å². The van der Waals surface area contributed by atoms with Gasteiger partial charge in [0, 0.05) is 29.7 Å². The topological polar surface area (TPSA) is 37.5 Å². The average Bonchev–Trinajstić information content (AvgIpc) is 2.64. The lowest BCUT2D eigenvalue weighted by Gasteiger charge is -2.07. The molecule has 2 aromatic rings. The summed E-state index contributed by atoms with van der Waals surface area (Å²) in [5.41, 5.74) is 0.704. The van der Waals surface area contributed by atoms with Crippen molar-refractivity contribution in [3.8, 4) is 0 Å². The summed E-state index contributed by atoms with van der Waals surface area (Å²) in [6.07, 6.45) is -2.74. The number of aryl methyl sites for hydroxylation is 1. The molecule has 0 unspecified atom stereocenters. The predicted molar refractivity (Wildman–Crippen MR) is 61.9 cm³/mol. The molecule has 6 heteroatoms. The molecule has 0 saturated heterocycles. The van der Waals surface area contributed by atoms with E-state index in [4.69, 9.17) is 5.21 Å². The van der Waals surface area contributed by atoms with Gasteiger partial charge >= 0.3 is 6.18 Å². The molecule has 1 aromatic carbocycles. The molecular formula is C12H11F3N2O. The Hall–Kier alpha value is -1.98. The maximum absolute atomic E-state index is 12.7. The van der Waals surface area contributed by atoms with Crippen molar-refractivity contribution in [1.82, 2.24) is 4.57 Å². The third kappa shape index (κ3) is 1.94. The van der Waals surface area contributed by atoms with Gasteiger partial charge in [-0.2, -0.15) is 13.2 Å². The van der Waals surface area contributed by atoms with E-state index in [9.17, 15) is 13.2 Å². The Bertz CT molecular complexity index is 626. The molecule has 0 atom stereocenters. The predicted octanol–water partition coefficient (Wildman–Crippen LogP) is 3.40. The third-order valence-electron chi connectivity index (χ3n) is 2.86. The normalized spacial score (nSPS) is 13.3. The van der Waals surface area contributed by atoms with E-state index in [-0.39, 0.29) is 5.71 Å². The van der Waals surface area contributed by atoms with Gasteiger partial charge in [-0.1, -0.05) is 5.16 Å². The van der Waals surface area contributed by atoms with Crippen molar-refractivity contribution in [3.63, 3.8) is 0 Å². The van der Waals surface area contributed by atoms with Crippen molar-refractivity contribution in [3.05, 3.63) is 35.5 Å². The smallest absolute Gasteiger partial charge is 0.411 e. The van der Waals surface area contributed by atoms with Crippen molar-refractivity contribution >= 4 is 16.6 Å². The van der Waals surface area contributed by atoms with Gasteiger partial charge in [-0.15, -0.1) is 0 Å². The Morgan fingerprint density at radius 2 is 2.00 bits per heavy atom. The number of oxime groups is 1. The first-order valence-corrected chi connectivity index (χ1v) is 5.20. The highest BCUT2D eigenvalue weighted by atomic mass is 19.4. The van der Waals surface area contributed by atoms with E-state index in [2.05, 4.69) is 5.16 Å². The fourth-order valence-electron chi connectivity index (χ4n) is 1.91. The number of aromatic nitrogens is 1. The lowest BCUT2D eigenvalue weighted by Crippen LogP contribution is -2.04. The molecule has 0 fully saturated rings. The molecule has 1 aromatic heterocycles. The number of hydrogen-bond donors (Lipinski definition) is 1. The lowest BCUT2D eigenvalue weighted by molar-refractivity contribution is -0.137. The summed E-state index contributed by atoms with van der Waals surface area (Å²) in [4.78, 5) is 0. The van der Waals surface area contributed by atoms with Crippen LogP contribution in [-0.2, 0) is 13.2 Å². The quantitative estimate of drug-likeness (QED) is 0.474. The Kier molecular flexibility index (Phi) is 2.80. The van der Waals surface area contributed by atoms with Gasteiger partial charge < -0.3 is 9.77 Å². The highest BCUT2D eigenvalue weighted by molar-refractivity contribution is 6.09. The molecule has 0 radical (unpaired) electrons. The molecule has 3 nitrogen and oxygen atoms in total. The molecule has 1 heterocycles. The number of alkyl halides is 3. The maximum Gasteiger partial charge on any atom is 0.416 e. The van der Waals surface area contributed by atoms with E-state index < -0.39 is 11.7 Å². The van der Waals surface area contributed by atoms with Gasteiger partial charge in [0.1, 0.15) is 0 Å². The van der Waals surface area contributed by atoms with Gasteiger partial charge in [0.25, 0.3) is 0 Å². The van der Waals surface area contributed by atoms with E-state index in [1.807, 2.05) is 0 Å². The van der Waals surface area contributed by atoms with Gasteiger partial charge in [-0.25, -0.2) is 0 Å². The summed E-state index contributed by atoms with van der Waals surface area (Å²) in [5, 5.41) is 12.2. The molecule has 0 aliphatic rings. The highest BCUT2D eigenvalue weighted by Crippen LogP contribution is 2.33. The second kappa shape index (κ2) is 4.04. The number of benzene rings is 1. The van der Waals surface area contributed by atoms with Gasteiger partial charge in [0.2, 0.25) is 0 Å². The van der Waals surface area contributed by atoms with E-state index in [1.54, 1.807) is 17.8 Å². The summed E-state index contributed by atoms with van der Waals surface area (Å²) >= 11 is 0. The first kappa shape index (κ1) is 12.5. The standard InChI is InChI=1S/C12H11F3N2O/c1-7(16-18)10-6-17(2)11-4-3-8(5-9(10)11)12(13,14)15/h3-6,18H,1-2H3/b16-7-. The Balaban J connectivity index is 2.75. The van der Waals surface area contributed by atoms with Gasteiger partial charge in [-0.05, 0) is 25.1 Å². The average molecular weight is 256 g/mol. The molecule has 0 aliphatic heterocycles. The van der Waals surface area contributed by atoms with E-state index in [0.717, 1.165) is 12.1 Å². The minimum absolute atomic E-state index is 0.278. The van der Waals surface area contributed by atoms with Crippen LogP contribution in [0.15, 0.2) is 29.6 Å². The van der Waals surface area contributed by atoms with Crippen molar-refractivity contribution in [2.24, 2.45) is 12.2 Å². The number of fused-ring (bicyclic) bond motifs is 1. The third-order valence-corrected chi connectivity index (χ3v) is 2.86. The van der Waals surface area contributed by atoms with E-state index >= 15 is 0 Å². The van der Waals surface area contributed by atoms with Crippen LogP contribution in [0, 0.1) is 0 Å². The molecule has 96 valence electrons. The number of nitrogens with zero attached hydrogens (tertiary/aromatic N) is 2. The molecule has 0 bridgehead atoms. The fraction of sp³-hybridized carbons (Fsp3) is 0.250. The van der Waals surface area contributed by atoms with Crippen LogP contribution in [0.3, 0.4) is 0 Å². The first-order chi connectivity index (χ1) is 8.34. The van der Waals surface area contributed by atoms with Gasteiger partial charge in [-0.3, -0.25) is 0 Å². The zero-order valence-corrected chi connectivity index (χ0v) is 9.78. The summed E-state index contributed by atoms with van der Waals surface area (Å²) in [5.74, 6) is 0. The molecule has 0 saturated carbocycles. The first-order valence-electron chi connectivity index (χ1n) is 5.20. The SMILES string of the molecule is C/C(=N/O)c1cn(C)c2ccc(C(F)(F)F)cc12. The molecule has 0 amide bonds. The van der Waals surface area contributed by atoms with Crippen LogP contribution in [0.5, 0.6) is 0 Å². The monoisotopic (exact) mass is 256 g/mol. The van der Waals surface area contributed by atoms with Crippen LogP contribution < -0.4 is 0 Å². The van der Waals surface area contributed by atoms with Gasteiger partial charge in [0.15, 0.2) is 0 Å². The van der Waals surface area contributed by atoms with Crippen LogP contribution in [0.25, 0.3) is 10.9 Å². The summed E-state index contributed by atoms with van der Waals surface area (Å²) < 4.78 is 39.6. The zero-order chi connectivity index (χ0) is 13.5. The fourth-order valence-corrected chi connectivity index (χ4v) is 1.91. The molecular weight excluding hydrogens is 245 g/mol. The van der Waals surface area contributed by atoms with Crippen molar-refractivity contribution in [2.45, 2.75) is 13.1 Å². The van der Waals surface area contributed by atoms with Crippen molar-refractivity contribution < 1.29 is 18.4 Å². The van der Waals surface area contributed by atoms with Gasteiger partial charge in [0.05, 0.1) is 11.3 Å². The van der Waals surface area contributed by atoms with Crippen LogP contribution in [0.4, 0.5) is 13.2 Å². The molecule has 0 spiro atoms. The molecule has 2 rings (SSSR count). The van der Waals surface area contributed by atoms with Crippen LogP contribution >= 0.6 is 0 Å². The zero-order valence-electron chi connectivity index (χ0n) is 9.78. The maximum atomic E-state index is 12.7. The van der Waals surface area contributed by atoms with Crippen molar-refractivity contribution in [2.75, 3.05) is 0 Å². The highest BCUT2D eigenvalue weighted by Gasteiger charge is 2.31. The number of halogens is 3. The number of rotatable bonds is 1. The minimum atomic E-state index is -4.38.